The molecule has 1 amide bonds. The summed E-state index contributed by atoms with van der Waals surface area (Å²) in [5, 5.41) is 16.4. The molecule has 11 heteroatoms. The number of fused-ring (bicyclic) bond motifs is 2. The van der Waals surface area contributed by atoms with Crippen LogP contribution in [0.4, 0.5) is 0 Å². The minimum absolute atomic E-state index is 0.0918. The molecule has 0 spiro atoms. The lowest BCUT2D eigenvalue weighted by atomic mass is 10.2. The molecule has 0 saturated carbocycles. The summed E-state index contributed by atoms with van der Waals surface area (Å²) in [6.07, 6.45) is 4.66. The van der Waals surface area contributed by atoms with Crippen molar-refractivity contribution in [3.8, 4) is 0 Å². The molecule has 0 bridgehead atoms. The second kappa shape index (κ2) is 7.57. The van der Waals surface area contributed by atoms with Crippen LogP contribution in [0.3, 0.4) is 0 Å². The number of aliphatic carboxylic acids is 1. The number of carbonyl (C=O) groups excluding carboxylic acids is 1. The number of aromatic amines is 1. The molecule has 29 heavy (non-hydrogen) atoms. The van der Waals surface area contributed by atoms with E-state index < -0.39 is 23.9 Å². The third-order valence-corrected chi connectivity index (χ3v) is 5.47. The quantitative estimate of drug-likeness (QED) is 0.443. The van der Waals surface area contributed by atoms with E-state index in [4.69, 9.17) is 16.7 Å². The Morgan fingerprint density at radius 1 is 1.28 bits per heavy atom. The van der Waals surface area contributed by atoms with Crippen molar-refractivity contribution in [2.45, 2.75) is 9.92 Å². The number of aromatic nitrogens is 4. The first-order valence-corrected chi connectivity index (χ1v) is 9.44. The fourth-order valence-corrected chi connectivity index (χ4v) is 4.08. The molecule has 0 aliphatic carbocycles. The summed E-state index contributed by atoms with van der Waals surface area (Å²) in [4.78, 5) is 44.6. The number of carbonyl (C=O) groups is 2. The Balaban J connectivity index is 1.79. The van der Waals surface area contributed by atoms with Crippen LogP contribution in [0, 0.1) is 0 Å². The number of H-pyrrole nitrogens is 1. The second-order valence-electron chi connectivity index (χ2n) is 5.92. The molecular formula is C18H12ClN5O4S. The van der Waals surface area contributed by atoms with Gasteiger partial charge in [0.25, 0.3) is 5.91 Å². The van der Waals surface area contributed by atoms with E-state index in [0.717, 1.165) is 15.7 Å². The maximum Gasteiger partial charge on any atom is 0.322 e. The standard InChI is InChI=1S/C18H12ClN5O4S/c19-11-3-1-2-9-10(11)5-20-6-13(9)29-14-4-12(25)16(17-22-8-23-24(14)17)18(28)21-7-15(26)27/h1-6,8H,7H2,(H,21,28)(H,22,23)(H,26,27). The number of carboxylic acids is 1. The Morgan fingerprint density at radius 3 is 2.90 bits per heavy atom. The molecule has 146 valence electrons. The largest absolute Gasteiger partial charge is 0.480 e. The van der Waals surface area contributed by atoms with Gasteiger partial charge in [-0.15, -0.1) is 0 Å². The maximum atomic E-state index is 12.6. The summed E-state index contributed by atoms with van der Waals surface area (Å²) in [6, 6.07) is 6.77. The Hall–Kier alpha value is -3.37. The molecule has 4 aromatic rings. The first kappa shape index (κ1) is 19.0. The minimum Gasteiger partial charge on any atom is -0.480 e. The fourth-order valence-electron chi connectivity index (χ4n) is 2.83. The van der Waals surface area contributed by atoms with Gasteiger partial charge in [0, 0.05) is 39.2 Å². The number of hydrogen-bond acceptors (Lipinski definition) is 6. The van der Waals surface area contributed by atoms with E-state index in [2.05, 4.69) is 20.4 Å². The summed E-state index contributed by atoms with van der Waals surface area (Å²) >= 11 is 7.49. The number of nitrogens with zero attached hydrogens (tertiary/aromatic N) is 3. The van der Waals surface area contributed by atoms with Crippen molar-refractivity contribution < 1.29 is 14.7 Å². The zero-order valence-electron chi connectivity index (χ0n) is 14.5. The van der Waals surface area contributed by atoms with E-state index in [1.54, 1.807) is 18.5 Å². The summed E-state index contributed by atoms with van der Waals surface area (Å²) in [5.74, 6) is -2.02. The van der Waals surface area contributed by atoms with Crippen LogP contribution in [0.5, 0.6) is 0 Å². The van der Waals surface area contributed by atoms with Gasteiger partial charge in [-0.05, 0) is 6.07 Å². The number of hydrogen-bond donors (Lipinski definition) is 3. The lowest BCUT2D eigenvalue weighted by Gasteiger charge is -2.10. The number of benzene rings is 1. The molecule has 1 aromatic carbocycles. The highest BCUT2D eigenvalue weighted by molar-refractivity contribution is 7.99. The summed E-state index contributed by atoms with van der Waals surface area (Å²) in [7, 11) is 0. The van der Waals surface area contributed by atoms with Crippen molar-refractivity contribution in [2.75, 3.05) is 6.54 Å². The fraction of sp³-hybridized carbons (Fsp3) is 0.0556. The van der Waals surface area contributed by atoms with Gasteiger partial charge in [0.1, 0.15) is 23.5 Å². The zero-order chi connectivity index (χ0) is 20.5. The first-order chi connectivity index (χ1) is 14.0. The summed E-state index contributed by atoms with van der Waals surface area (Å²) < 4.78 is 1.48. The normalized spacial score (nSPS) is 11.1. The van der Waals surface area contributed by atoms with Gasteiger partial charge >= 0.3 is 5.97 Å². The average Bonchev–Trinajstić information content (AvgIpc) is 3.17. The Morgan fingerprint density at radius 2 is 2.10 bits per heavy atom. The molecule has 4 rings (SSSR count). The topological polar surface area (TPSA) is 129 Å². The van der Waals surface area contributed by atoms with Crippen LogP contribution < -0.4 is 10.7 Å². The Labute approximate surface area is 171 Å². The van der Waals surface area contributed by atoms with Crippen LogP contribution in [-0.4, -0.2) is 43.1 Å². The van der Waals surface area contributed by atoms with Crippen molar-refractivity contribution in [1.29, 1.82) is 0 Å². The summed E-state index contributed by atoms with van der Waals surface area (Å²) in [6.45, 7) is -0.603. The van der Waals surface area contributed by atoms with Gasteiger partial charge in [0.2, 0.25) is 0 Å². The highest BCUT2D eigenvalue weighted by Crippen LogP contribution is 2.34. The molecule has 3 aromatic heterocycles. The smallest absolute Gasteiger partial charge is 0.322 e. The van der Waals surface area contributed by atoms with Gasteiger partial charge in [-0.1, -0.05) is 35.5 Å². The van der Waals surface area contributed by atoms with Gasteiger partial charge in [-0.2, -0.15) is 0 Å². The van der Waals surface area contributed by atoms with E-state index in [1.165, 1.54) is 28.7 Å². The van der Waals surface area contributed by atoms with Crippen molar-refractivity contribution in [3.63, 3.8) is 0 Å². The van der Waals surface area contributed by atoms with Crippen LogP contribution in [0.25, 0.3) is 16.4 Å². The van der Waals surface area contributed by atoms with Crippen LogP contribution in [0.1, 0.15) is 10.4 Å². The predicted molar refractivity (Wildman–Crippen MR) is 107 cm³/mol. The van der Waals surface area contributed by atoms with Crippen molar-refractivity contribution in [3.05, 3.63) is 63.8 Å². The Bertz CT molecular complexity index is 1330. The highest BCUT2D eigenvalue weighted by Gasteiger charge is 2.20. The molecule has 3 heterocycles. The van der Waals surface area contributed by atoms with Crippen molar-refractivity contribution in [1.82, 2.24) is 24.9 Å². The van der Waals surface area contributed by atoms with E-state index in [1.807, 2.05) is 12.1 Å². The van der Waals surface area contributed by atoms with Gasteiger partial charge in [-0.3, -0.25) is 24.5 Å². The highest BCUT2D eigenvalue weighted by atomic mass is 35.5. The van der Waals surface area contributed by atoms with Gasteiger partial charge in [0.05, 0.1) is 0 Å². The SMILES string of the molecule is O=C(O)CNC(=O)c1c(=O)cc(Sc2cncc3c(Cl)cccc23)n2[nH]cnc12. The molecular weight excluding hydrogens is 418 g/mol. The zero-order valence-corrected chi connectivity index (χ0v) is 16.1. The number of nitrogens with one attached hydrogen (secondary N) is 2. The van der Waals surface area contributed by atoms with Crippen LogP contribution in [0.15, 0.2) is 57.7 Å². The molecule has 3 N–H and O–H groups in total. The molecule has 0 aliphatic rings. The third kappa shape index (κ3) is 3.55. The molecule has 0 aliphatic heterocycles. The van der Waals surface area contributed by atoms with E-state index >= 15 is 0 Å². The lowest BCUT2D eigenvalue weighted by molar-refractivity contribution is -0.135. The van der Waals surface area contributed by atoms with Crippen LogP contribution >= 0.6 is 23.4 Å². The molecule has 0 unspecified atom stereocenters. The van der Waals surface area contributed by atoms with Gasteiger partial charge in [0.15, 0.2) is 11.1 Å². The second-order valence-corrected chi connectivity index (χ2v) is 7.39. The molecule has 0 atom stereocenters. The van der Waals surface area contributed by atoms with Gasteiger partial charge < -0.3 is 10.4 Å². The summed E-state index contributed by atoms with van der Waals surface area (Å²) in [5.41, 5.74) is -0.723. The minimum atomic E-state index is -1.22. The number of rotatable bonds is 5. The maximum absolute atomic E-state index is 12.6. The van der Waals surface area contributed by atoms with E-state index in [9.17, 15) is 14.4 Å². The van der Waals surface area contributed by atoms with Gasteiger partial charge in [-0.25, -0.2) is 9.50 Å². The molecule has 0 fully saturated rings. The Kier molecular flexibility index (Phi) is 4.95. The third-order valence-electron chi connectivity index (χ3n) is 4.09. The van der Waals surface area contributed by atoms with E-state index in [-0.39, 0.29) is 11.2 Å². The number of pyridine rings is 2. The average molecular weight is 430 g/mol. The molecule has 0 radical (unpaired) electrons. The molecule has 9 nitrogen and oxygen atoms in total. The van der Waals surface area contributed by atoms with E-state index in [0.29, 0.717) is 10.0 Å². The molecule has 0 saturated heterocycles. The van der Waals surface area contributed by atoms with Crippen LogP contribution in [-0.2, 0) is 4.79 Å². The monoisotopic (exact) mass is 429 g/mol. The van der Waals surface area contributed by atoms with Crippen LogP contribution in [0.2, 0.25) is 5.02 Å². The lowest BCUT2D eigenvalue weighted by Crippen LogP contribution is -2.33. The van der Waals surface area contributed by atoms with Crippen molar-refractivity contribution in [2.24, 2.45) is 0 Å². The number of amides is 1. The van der Waals surface area contributed by atoms with Crippen molar-refractivity contribution >= 4 is 51.7 Å². The predicted octanol–water partition coefficient (Wildman–Crippen LogP) is 2.19. The number of carboxylic acid groups (broad SMARTS) is 1. The number of halogens is 1. The first-order valence-electron chi connectivity index (χ1n) is 8.25.